The Bertz CT molecular complexity index is 355. The zero-order valence-electron chi connectivity index (χ0n) is 10.7. The molecule has 1 rings (SSSR count). The second-order valence-corrected chi connectivity index (χ2v) is 5.79. The maximum atomic E-state index is 6.07. The molecule has 1 atom stereocenters. The molecule has 1 aromatic carbocycles. The third kappa shape index (κ3) is 4.78. The highest BCUT2D eigenvalue weighted by atomic mass is 35.5. The van der Waals surface area contributed by atoms with Gasteiger partial charge in [-0.05, 0) is 37.3 Å². The number of halogens is 1. The number of benzene rings is 1. The molecular weight excluding hydrogens is 252 g/mol. The Morgan fingerprint density at radius 3 is 2.76 bits per heavy atom. The van der Waals surface area contributed by atoms with E-state index in [1.54, 1.807) is 0 Å². The van der Waals surface area contributed by atoms with E-state index in [0.717, 1.165) is 23.7 Å². The average Bonchev–Trinajstić information content (AvgIpc) is 2.27. The lowest BCUT2D eigenvalue weighted by molar-refractivity contribution is 0.735. The molecule has 0 saturated heterocycles. The molecule has 96 valence electrons. The van der Waals surface area contributed by atoms with Gasteiger partial charge in [-0.3, -0.25) is 0 Å². The van der Waals surface area contributed by atoms with E-state index in [4.69, 9.17) is 17.3 Å². The van der Waals surface area contributed by atoms with Gasteiger partial charge in [0.25, 0.3) is 0 Å². The molecule has 0 bridgehead atoms. The molecule has 0 radical (unpaired) electrons. The third-order valence-corrected chi connectivity index (χ3v) is 3.46. The van der Waals surface area contributed by atoms with Crippen LogP contribution >= 0.6 is 23.4 Å². The minimum Gasteiger partial charge on any atom is -0.374 e. The summed E-state index contributed by atoms with van der Waals surface area (Å²) in [6.45, 7) is 3.05. The summed E-state index contributed by atoms with van der Waals surface area (Å²) in [7, 11) is 2.10. The largest absolute Gasteiger partial charge is 0.374 e. The quantitative estimate of drug-likeness (QED) is 0.863. The predicted octanol–water partition coefficient (Wildman–Crippen LogP) is 3.03. The Labute approximate surface area is 114 Å². The summed E-state index contributed by atoms with van der Waals surface area (Å²) in [4.78, 5) is 2.25. The van der Waals surface area contributed by atoms with E-state index in [1.807, 2.05) is 30.8 Å². The smallest absolute Gasteiger partial charge is 0.0426 e. The summed E-state index contributed by atoms with van der Waals surface area (Å²) < 4.78 is 0. The molecule has 17 heavy (non-hydrogen) atoms. The first-order valence-corrected chi connectivity index (χ1v) is 7.56. The van der Waals surface area contributed by atoms with Crippen LogP contribution in [0.4, 0.5) is 5.69 Å². The number of nitrogens with zero attached hydrogens (tertiary/aromatic N) is 1. The van der Waals surface area contributed by atoms with Crippen molar-refractivity contribution in [3.05, 3.63) is 28.8 Å². The first kappa shape index (κ1) is 14.7. The number of hydrogen-bond donors (Lipinski definition) is 1. The Kier molecular flexibility index (Phi) is 6.17. The van der Waals surface area contributed by atoms with Crippen LogP contribution in [0.1, 0.15) is 12.5 Å². The van der Waals surface area contributed by atoms with Crippen LogP contribution in [0, 0.1) is 0 Å². The van der Waals surface area contributed by atoms with Crippen LogP contribution in [0.5, 0.6) is 0 Å². The van der Waals surface area contributed by atoms with Crippen molar-refractivity contribution >= 4 is 29.1 Å². The molecule has 0 fully saturated rings. The molecule has 0 spiro atoms. The number of rotatable bonds is 6. The molecule has 0 aromatic heterocycles. The monoisotopic (exact) mass is 272 g/mol. The lowest BCUT2D eigenvalue weighted by atomic mass is 10.0. The van der Waals surface area contributed by atoms with Crippen LogP contribution in [0.25, 0.3) is 0 Å². The van der Waals surface area contributed by atoms with Crippen molar-refractivity contribution in [1.82, 2.24) is 0 Å². The zero-order chi connectivity index (χ0) is 12.8. The summed E-state index contributed by atoms with van der Waals surface area (Å²) in [6, 6.07) is 6.21. The average molecular weight is 273 g/mol. The van der Waals surface area contributed by atoms with E-state index in [2.05, 4.69) is 24.3 Å². The highest BCUT2D eigenvalue weighted by molar-refractivity contribution is 7.98. The van der Waals surface area contributed by atoms with Crippen LogP contribution in [-0.4, -0.2) is 31.6 Å². The summed E-state index contributed by atoms with van der Waals surface area (Å²) in [6.07, 6.45) is 3.00. The molecule has 0 saturated carbocycles. The van der Waals surface area contributed by atoms with Gasteiger partial charge in [-0.25, -0.2) is 0 Å². The van der Waals surface area contributed by atoms with E-state index < -0.39 is 0 Å². The molecule has 0 aliphatic heterocycles. The summed E-state index contributed by atoms with van der Waals surface area (Å²) in [5.41, 5.74) is 8.35. The Morgan fingerprint density at radius 2 is 2.18 bits per heavy atom. The zero-order valence-corrected chi connectivity index (χ0v) is 12.3. The maximum Gasteiger partial charge on any atom is 0.0426 e. The fourth-order valence-electron chi connectivity index (χ4n) is 1.76. The van der Waals surface area contributed by atoms with Gasteiger partial charge in [-0.2, -0.15) is 11.8 Å². The van der Waals surface area contributed by atoms with Gasteiger partial charge in [0.05, 0.1) is 0 Å². The van der Waals surface area contributed by atoms with E-state index in [-0.39, 0.29) is 6.04 Å². The maximum absolute atomic E-state index is 6.07. The normalized spacial score (nSPS) is 12.5. The van der Waals surface area contributed by atoms with Crippen LogP contribution in [0.15, 0.2) is 18.2 Å². The standard InChI is InChI=1S/C13H21ClN2S/c1-10(15)8-11-4-5-12(14)9-13(11)16(2)6-7-17-3/h4-5,9-10H,6-8,15H2,1-3H3. The number of hydrogen-bond acceptors (Lipinski definition) is 3. The van der Waals surface area contributed by atoms with Gasteiger partial charge in [0.15, 0.2) is 0 Å². The fraction of sp³-hybridized carbons (Fsp3) is 0.538. The Morgan fingerprint density at radius 1 is 1.47 bits per heavy atom. The highest BCUT2D eigenvalue weighted by Crippen LogP contribution is 2.25. The van der Waals surface area contributed by atoms with E-state index in [9.17, 15) is 0 Å². The minimum atomic E-state index is 0.170. The molecule has 2 N–H and O–H groups in total. The van der Waals surface area contributed by atoms with Gasteiger partial charge < -0.3 is 10.6 Å². The fourth-order valence-corrected chi connectivity index (χ4v) is 2.38. The lowest BCUT2D eigenvalue weighted by Crippen LogP contribution is -2.24. The summed E-state index contributed by atoms with van der Waals surface area (Å²) in [5, 5.41) is 0.782. The van der Waals surface area contributed by atoms with Gasteiger partial charge in [-0.1, -0.05) is 17.7 Å². The van der Waals surface area contributed by atoms with Crippen LogP contribution < -0.4 is 10.6 Å². The Hall–Kier alpha value is -0.380. The first-order chi connectivity index (χ1) is 8.04. The second-order valence-electron chi connectivity index (χ2n) is 4.37. The SMILES string of the molecule is CSCCN(C)c1cc(Cl)ccc1CC(C)N. The van der Waals surface area contributed by atoms with Crippen molar-refractivity contribution in [2.45, 2.75) is 19.4 Å². The molecule has 0 aliphatic carbocycles. The first-order valence-electron chi connectivity index (χ1n) is 5.78. The summed E-state index contributed by atoms with van der Waals surface area (Å²) in [5.74, 6) is 1.11. The molecular formula is C13H21ClN2S. The van der Waals surface area contributed by atoms with Gasteiger partial charge >= 0.3 is 0 Å². The summed E-state index contributed by atoms with van der Waals surface area (Å²) >= 11 is 7.92. The van der Waals surface area contributed by atoms with Crippen molar-refractivity contribution in [3.8, 4) is 0 Å². The number of nitrogens with two attached hydrogens (primary N) is 1. The minimum absolute atomic E-state index is 0.170. The molecule has 0 aliphatic rings. The molecule has 0 heterocycles. The van der Waals surface area contributed by atoms with Crippen LogP contribution in [-0.2, 0) is 6.42 Å². The van der Waals surface area contributed by atoms with Crippen molar-refractivity contribution < 1.29 is 0 Å². The van der Waals surface area contributed by atoms with E-state index >= 15 is 0 Å². The highest BCUT2D eigenvalue weighted by Gasteiger charge is 2.09. The lowest BCUT2D eigenvalue weighted by Gasteiger charge is -2.23. The van der Waals surface area contributed by atoms with Gasteiger partial charge in [-0.15, -0.1) is 0 Å². The van der Waals surface area contributed by atoms with E-state index in [1.165, 1.54) is 11.3 Å². The van der Waals surface area contributed by atoms with Gasteiger partial charge in [0, 0.05) is 36.1 Å². The second kappa shape index (κ2) is 7.14. The molecule has 2 nitrogen and oxygen atoms in total. The van der Waals surface area contributed by atoms with E-state index in [0.29, 0.717) is 0 Å². The topological polar surface area (TPSA) is 29.3 Å². The molecule has 1 aromatic rings. The molecule has 1 unspecified atom stereocenters. The van der Waals surface area contributed by atoms with Crippen molar-refractivity contribution in [2.75, 3.05) is 30.5 Å². The molecule has 0 amide bonds. The van der Waals surface area contributed by atoms with Gasteiger partial charge in [0.2, 0.25) is 0 Å². The van der Waals surface area contributed by atoms with Gasteiger partial charge in [0.1, 0.15) is 0 Å². The molecule has 4 heteroatoms. The third-order valence-electron chi connectivity index (χ3n) is 2.63. The van der Waals surface area contributed by atoms with Crippen molar-refractivity contribution in [3.63, 3.8) is 0 Å². The van der Waals surface area contributed by atoms with Crippen molar-refractivity contribution in [1.29, 1.82) is 0 Å². The predicted molar refractivity (Wildman–Crippen MR) is 80.5 cm³/mol. The van der Waals surface area contributed by atoms with Crippen molar-refractivity contribution in [2.24, 2.45) is 5.73 Å². The van der Waals surface area contributed by atoms with Crippen LogP contribution in [0.2, 0.25) is 5.02 Å². The van der Waals surface area contributed by atoms with Crippen LogP contribution in [0.3, 0.4) is 0 Å². The number of anilines is 1. The number of thioether (sulfide) groups is 1. The Balaban J connectivity index is 2.89.